The normalized spacial score (nSPS) is 10.8. The Morgan fingerprint density at radius 1 is 0.921 bits per heavy atom. The number of amides is 1. The molecule has 8 heteroatoms. The summed E-state index contributed by atoms with van der Waals surface area (Å²) in [4.78, 5) is 15.3. The number of methoxy groups -OCH3 is 1. The third-order valence-corrected chi connectivity index (χ3v) is 6.06. The Morgan fingerprint density at radius 3 is 2.29 bits per heavy atom. The van der Waals surface area contributed by atoms with Crippen LogP contribution in [0.5, 0.6) is 17.4 Å². The second kappa shape index (κ2) is 11.0. The molecule has 5 aromatic rings. The van der Waals surface area contributed by atoms with Crippen molar-refractivity contribution in [3.8, 4) is 28.6 Å². The Hall–Kier alpha value is -4.85. The van der Waals surface area contributed by atoms with Gasteiger partial charge in [-0.15, -0.1) is 0 Å². The number of rotatable bonds is 9. The summed E-state index contributed by atoms with van der Waals surface area (Å²) in [7, 11) is 3.40. The molecule has 7 nitrogen and oxygen atoms in total. The topological polar surface area (TPSA) is 69.7 Å². The Kier molecular flexibility index (Phi) is 7.21. The number of aryl methyl sites for hydroxylation is 1. The van der Waals surface area contributed by atoms with Crippen molar-refractivity contribution in [1.29, 1.82) is 0 Å². The van der Waals surface area contributed by atoms with Crippen molar-refractivity contribution in [2.75, 3.05) is 7.11 Å². The number of carbonyl (C=O) groups excluding carboxylic acids is 1. The monoisotopic (exact) mass is 511 g/mol. The van der Waals surface area contributed by atoms with Crippen LogP contribution in [0.2, 0.25) is 0 Å². The van der Waals surface area contributed by atoms with Gasteiger partial charge in [-0.3, -0.25) is 4.79 Å². The number of hydrogen-bond acceptors (Lipinski definition) is 5. The highest BCUT2D eigenvalue weighted by Crippen LogP contribution is 2.35. The second-order valence-corrected chi connectivity index (χ2v) is 8.65. The maximum atomic E-state index is 13.7. The van der Waals surface area contributed by atoms with Crippen LogP contribution < -0.4 is 9.47 Å². The molecule has 192 valence electrons. The van der Waals surface area contributed by atoms with Crippen LogP contribution in [0.1, 0.15) is 21.7 Å². The molecule has 0 spiro atoms. The highest BCUT2D eigenvalue weighted by atomic mass is 19.1. The van der Waals surface area contributed by atoms with Crippen LogP contribution in [0.15, 0.2) is 102 Å². The van der Waals surface area contributed by atoms with Gasteiger partial charge in [0.2, 0.25) is 5.88 Å². The van der Waals surface area contributed by atoms with Crippen molar-refractivity contribution in [3.63, 3.8) is 0 Å². The Balaban J connectivity index is 1.57. The third-order valence-electron chi connectivity index (χ3n) is 6.06. The van der Waals surface area contributed by atoms with Crippen molar-refractivity contribution < 1.29 is 23.1 Å². The smallest absolute Gasteiger partial charge is 0.254 e. The summed E-state index contributed by atoms with van der Waals surface area (Å²) < 4.78 is 32.4. The van der Waals surface area contributed by atoms with Crippen molar-refractivity contribution >= 4 is 5.91 Å². The van der Waals surface area contributed by atoms with Gasteiger partial charge in [-0.1, -0.05) is 30.3 Å². The lowest BCUT2D eigenvalue weighted by Gasteiger charge is -2.23. The quantitative estimate of drug-likeness (QED) is 0.227. The van der Waals surface area contributed by atoms with Gasteiger partial charge in [0.15, 0.2) is 0 Å². The summed E-state index contributed by atoms with van der Waals surface area (Å²) in [5.41, 5.74) is 2.65. The summed E-state index contributed by atoms with van der Waals surface area (Å²) >= 11 is 0. The van der Waals surface area contributed by atoms with E-state index in [2.05, 4.69) is 0 Å². The molecule has 0 saturated heterocycles. The lowest BCUT2D eigenvalue weighted by atomic mass is 10.1. The first kappa shape index (κ1) is 24.8. The molecule has 2 heterocycles. The van der Waals surface area contributed by atoms with E-state index in [1.54, 1.807) is 42.1 Å². The molecule has 0 saturated carbocycles. The van der Waals surface area contributed by atoms with E-state index in [0.717, 1.165) is 11.1 Å². The fraction of sp³-hybridized carbons (Fsp3) is 0.133. The SMILES string of the molecule is COc1ccc(Oc2c(CN(Cc3ccco3)C(=O)c3ccc(F)cc3)c(-c3ccccc3)nn2C)cc1. The number of carbonyl (C=O) groups is 1. The zero-order valence-electron chi connectivity index (χ0n) is 21.0. The van der Waals surface area contributed by atoms with Crippen LogP contribution in [0.3, 0.4) is 0 Å². The van der Waals surface area contributed by atoms with Crippen LogP contribution in [0.4, 0.5) is 4.39 Å². The molecule has 1 amide bonds. The van der Waals surface area contributed by atoms with Crippen molar-refractivity contribution in [2.24, 2.45) is 7.05 Å². The van der Waals surface area contributed by atoms with Gasteiger partial charge in [0.25, 0.3) is 5.91 Å². The molecule has 0 bridgehead atoms. The van der Waals surface area contributed by atoms with Gasteiger partial charge < -0.3 is 18.8 Å². The van der Waals surface area contributed by atoms with E-state index in [9.17, 15) is 9.18 Å². The first-order chi connectivity index (χ1) is 18.5. The molecule has 0 N–H and O–H groups in total. The van der Waals surface area contributed by atoms with Crippen LogP contribution in [-0.2, 0) is 20.1 Å². The van der Waals surface area contributed by atoms with E-state index in [-0.39, 0.29) is 19.0 Å². The van der Waals surface area contributed by atoms with Gasteiger partial charge in [-0.2, -0.15) is 5.10 Å². The van der Waals surface area contributed by atoms with Crippen LogP contribution in [0.25, 0.3) is 11.3 Å². The molecule has 0 fully saturated rings. The molecule has 0 radical (unpaired) electrons. The number of furan rings is 1. The zero-order valence-corrected chi connectivity index (χ0v) is 21.0. The van der Waals surface area contributed by atoms with Gasteiger partial charge in [0.05, 0.1) is 32.0 Å². The fourth-order valence-corrected chi connectivity index (χ4v) is 4.16. The van der Waals surface area contributed by atoms with Crippen LogP contribution in [-0.4, -0.2) is 27.7 Å². The van der Waals surface area contributed by atoms with Crippen LogP contribution >= 0.6 is 0 Å². The first-order valence-corrected chi connectivity index (χ1v) is 12.0. The summed E-state index contributed by atoms with van der Waals surface area (Å²) in [6.45, 7) is 0.370. The van der Waals surface area contributed by atoms with E-state index >= 15 is 0 Å². The third kappa shape index (κ3) is 5.44. The lowest BCUT2D eigenvalue weighted by molar-refractivity contribution is 0.0717. The summed E-state index contributed by atoms with van der Waals surface area (Å²) in [5.74, 6) is 1.72. The number of aromatic nitrogens is 2. The largest absolute Gasteiger partial charge is 0.497 e. The van der Waals surface area contributed by atoms with Crippen molar-refractivity contribution in [1.82, 2.24) is 14.7 Å². The van der Waals surface area contributed by atoms with E-state index in [4.69, 9.17) is 19.0 Å². The van der Waals surface area contributed by atoms with Gasteiger partial charge >= 0.3 is 0 Å². The Bertz CT molecular complexity index is 1500. The molecule has 0 aliphatic heterocycles. The zero-order chi connectivity index (χ0) is 26.5. The van der Waals surface area contributed by atoms with Crippen molar-refractivity contribution in [3.05, 3.63) is 120 Å². The minimum Gasteiger partial charge on any atom is -0.497 e. The highest BCUT2D eigenvalue weighted by Gasteiger charge is 2.26. The molecule has 38 heavy (non-hydrogen) atoms. The molecule has 3 aromatic carbocycles. The fourth-order valence-electron chi connectivity index (χ4n) is 4.16. The molecular formula is C30H26FN3O4. The Morgan fingerprint density at radius 2 is 1.63 bits per heavy atom. The summed E-state index contributed by atoms with van der Waals surface area (Å²) in [6, 6.07) is 26.0. The van der Waals surface area contributed by atoms with E-state index in [0.29, 0.717) is 34.4 Å². The maximum absolute atomic E-state index is 13.7. The first-order valence-electron chi connectivity index (χ1n) is 12.0. The minimum absolute atomic E-state index is 0.167. The molecule has 0 unspecified atom stereocenters. The molecule has 2 aromatic heterocycles. The van der Waals surface area contributed by atoms with Gasteiger partial charge in [0, 0.05) is 18.2 Å². The molecular weight excluding hydrogens is 485 g/mol. The molecule has 0 aliphatic rings. The minimum atomic E-state index is -0.409. The molecule has 0 aliphatic carbocycles. The predicted octanol–water partition coefficient (Wildman–Crippen LogP) is 6.46. The van der Waals surface area contributed by atoms with Crippen LogP contribution in [0, 0.1) is 5.82 Å². The van der Waals surface area contributed by atoms with Gasteiger partial charge in [-0.25, -0.2) is 9.07 Å². The average Bonchev–Trinajstić information content (AvgIpc) is 3.57. The van der Waals surface area contributed by atoms with E-state index < -0.39 is 5.82 Å². The summed E-state index contributed by atoms with van der Waals surface area (Å²) in [6.07, 6.45) is 1.56. The Labute approximate surface area is 219 Å². The predicted molar refractivity (Wildman–Crippen MR) is 140 cm³/mol. The number of halogens is 1. The van der Waals surface area contributed by atoms with E-state index in [1.807, 2.05) is 54.6 Å². The molecule has 0 atom stereocenters. The molecule has 5 rings (SSSR count). The average molecular weight is 512 g/mol. The van der Waals surface area contributed by atoms with Gasteiger partial charge in [0.1, 0.15) is 28.8 Å². The number of hydrogen-bond donors (Lipinski definition) is 0. The highest BCUT2D eigenvalue weighted by molar-refractivity contribution is 5.94. The lowest BCUT2D eigenvalue weighted by Crippen LogP contribution is -2.30. The second-order valence-electron chi connectivity index (χ2n) is 8.65. The number of ether oxygens (including phenoxy) is 2. The van der Waals surface area contributed by atoms with E-state index in [1.165, 1.54) is 24.3 Å². The standard InChI is InChI=1S/C30H26FN3O4/c1-33-30(38-25-16-14-24(36-2)15-17-25)27(28(32-33)21-7-4-3-5-8-21)20-34(19-26-9-6-18-37-26)29(35)22-10-12-23(31)13-11-22/h3-18H,19-20H2,1-2H3. The van der Waals surface area contributed by atoms with Crippen molar-refractivity contribution in [2.45, 2.75) is 13.1 Å². The maximum Gasteiger partial charge on any atom is 0.254 e. The summed E-state index contributed by atoms with van der Waals surface area (Å²) in [5, 5.41) is 4.76. The number of benzene rings is 3. The number of nitrogens with zero attached hydrogens (tertiary/aromatic N) is 3. The van der Waals surface area contributed by atoms with Gasteiger partial charge in [-0.05, 0) is 60.7 Å².